The number of fused-ring (bicyclic) bond motifs is 1. The summed E-state index contributed by atoms with van der Waals surface area (Å²) in [6, 6.07) is 9.35. The number of rotatable bonds is 7. The van der Waals surface area contributed by atoms with Crippen LogP contribution in [0.5, 0.6) is 0 Å². The average molecular weight is 372 g/mol. The summed E-state index contributed by atoms with van der Waals surface area (Å²) < 4.78 is 30.1. The highest BCUT2D eigenvalue weighted by molar-refractivity contribution is 7.89. The second-order valence-electron chi connectivity index (χ2n) is 6.64. The number of pyridine rings is 1. The number of sulfonamides is 1. The Bertz CT molecular complexity index is 1020. The first-order chi connectivity index (χ1) is 12.4. The molecular formula is C20H25N3O2S. The van der Waals surface area contributed by atoms with Crippen LogP contribution in [0.1, 0.15) is 30.0 Å². The Morgan fingerprint density at radius 3 is 2.73 bits per heavy atom. The van der Waals surface area contributed by atoms with Crippen molar-refractivity contribution in [1.29, 1.82) is 0 Å². The molecule has 0 unspecified atom stereocenters. The summed E-state index contributed by atoms with van der Waals surface area (Å²) in [7, 11) is -3.51. The first-order valence-corrected chi connectivity index (χ1v) is 10.4. The van der Waals surface area contributed by atoms with E-state index in [9.17, 15) is 8.42 Å². The highest BCUT2D eigenvalue weighted by Gasteiger charge is 2.17. The molecule has 3 rings (SSSR count). The van der Waals surface area contributed by atoms with Crippen LogP contribution in [-0.4, -0.2) is 24.5 Å². The van der Waals surface area contributed by atoms with E-state index >= 15 is 0 Å². The van der Waals surface area contributed by atoms with Gasteiger partial charge in [0.2, 0.25) is 10.0 Å². The Balaban J connectivity index is 1.76. The maximum absolute atomic E-state index is 12.6. The molecule has 0 aliphatic heterocycles. The zero-order valence-electron chi connectivity index (χ0n) is 15.5. The molecule has 0 saturated carbocycles. The van der Waals surface area contributed by atoms with Crippen LogP contribution in [0.25, 0.3) is 11.0 Å². The van der Waals surface area contributed by atoms with Crippen molar-refractivity contribution >= 4 is 21.1 Å². The van der Waals surface area contributed by atoms with Gasteiger partial charge in [-0.05, 0) is 56.0 Å². The fraction of sp³-hybridized carbons (Fsp3) is 0.350. The predicted molar refractivity (Wildman–Crippen MR) is 105 cm³/mol. The summed E-state index contributed by atoms with van der Waals surface area (Å²) in [5.74, 6) is 0. The van der Waals surface area contributed by atoms with Gasteiger partial charge in [-0.25, -0.2) is 18.1 Å². The highest BCUT2D eigenvalue weighted by Crippen LogP contribution is 2.21. The molecule has 3 aromatic rings. The molecule has 0 amide bonds. The van der Waals surface area contributed by atoms with E-state index < -0.39 is 10.0 Å². The van der Waals surface area contributed by atoms with Crippen molar-refractivity contribution in [3.63, 3.8) is 0 Å². The largest absolute Gasteiger partial charge is 0.332 e. The summed E-state index contributed by atoms with van der Waals surface area (Å²) >= 11 is 0. The number of nitrogens with zero attached hydrogens (tertiary/aromatic N) is 2. The number of aryl methyl sites for hydroxylation is 3. The maximum atomic E-state index is 12.6. The summed E-state index contributed by atoms with van der Waals surface area (Å²) in [5, 5.41) is 1.09. The van der Waals surface area contributed by atoms with Crippen molar-refractivity contribution in [2.75, 3.05) is 6.54 Å². The molecule has 0 aliphatic carbocycles. The predicted octanol–water partition coefficient (Wildman–Crippen LogP) is 3.58. The van der Waals surface area contributed by atoms with Crippen molar-refractivity contribution in [1.82, 2.24) is 14.3 Å². The molecule has 26 heavy (non-hydrogen) atoms. The zero-order valence-corrected chi connectivity index (χ0v) is 16.3. The van der Waals surface area contributed by atoms with E-state index in [4.69, 9.17) is 0 Å². The second-order valence-corrected chi connectivity index (χ2v) is 8.37. The summed E-state index contributed by atoms with van der Waals surface area (Å²) in [4.78, 5) is 4.81. The average Bonchev–Trinajstić information content (AvgIpc) is 2.93. The van der Waals surface area contributed by atoms with Gasteiger partial charge in [0, 0.05) is 30.9 Å². The minimum Gasteiger partial charge on any atom is -0.332 e. The Kier molecular flexibility index (Phi) is 5.44. The van der Waals surface area contributed by atoms with Gasteiger partial charge in [0.15, 0.2) is 0 Å². The lowest BCUT2D eigenvalue weighted by atomic mass is 10.2. The van der Waals surface area contributed by atoms with Crippen LogP contribution in [0.15, 0.2) is 47.6 Å². The lowest BCUT2D eigenvalue weighted by Crippen LogP contribution is -2.26. The standard InChI is InChI=1S/C20H25N3O2S/c1-4-12-23-14-17(18-6-5-10-21-20(18)23)9-11-22-26(24,25)19-8-7-15(2)13-16(19)3/h5-8,10,13-14,22H,4,9,11-12H2,1-3H3. The molecule has 0 atom stereocenters. The van der Waals surface area contributed by atoms with E-state index in [1.54, 1.807) is 12.3 Å². The second kappa shape index (κ2) is 7.60. The molecule has 2 heterocycles. The van der Waals surface area contributed by atoms with Crippen molar-refractivity contribution in [2.45, 2.75) is 45.1 Å². The number of nitrogens with one attached hydrogen (secondary N) is 1. The fourth-order valence-electron chi connectivity index (χ4n) is 3.30. The molecule has 0 spiro atoms. The van der Waals surface area contributed by atoms with Gasteiger partial charge in [0.1, 0.15) is 5.65 Å². The quantitative estimate of drug-likeness (QED) is 0.690. The number of benzene rings is 1. The molecule has 1 N–H and O–H groups in total. The van der Waals surface area contributed by atoms with Crippen LogP contribution in [0.2, 0.25) is 0 Å². The summed E-state index contributed by atoms with van der Waals surface area (Å²) in [6.45, 7) is 7.17. The molecule has 5 nitrogen and oxygen atoms in total. The van der Waals surface area contributed by atoms with Crippen LogP contribution in [0.4, 0.5) is 0 Å². The molecule has 0 fully saturated rings. The Labute approximate surface area is 155 Å². The molecule has 1 aromatic carbocycles. The Morgan fingerprint density at radius 1 is 1.19 bits per heavy atom. The topological polar surface area (TPSA) is 64.0 Å². The number of hydrogen-bond donors (Lipinski definition) is 1. The number of hydrogen-bond acceptors (Lipinski definition) is 3. The van der Waals surface area contributed by atoms with Gasteiger partial charge in [-0.1, -0.05) is 24.6 Å². The van der Waals surface area contributed by atoms with Gasteiger partial charge in [0.25, 0.3) is 0 Å². The third kappa shape index (κ3) is 3.81. The molecule has 2 aromatic heterocycles. The van der Waals surface area contributed by atoms with Crippen molar-refractivity contribution in [2.24, 2.45) is 0 Å². The molecule has 0 radical (unpaired) electrons. The zero-order chi connectivity index (χ0) is 18.7. The Morgan fingerprint density at radius 2 is 2.00 bits per heavy atom. The SMILES string of the molecule is CCCn1cc(CCNS(=O)(=O)c2ccc(C)cc2C)c2cccnc21. The van der Waals surface area contributed by atoms with Gasteiger partial charge in [0.05, 0.1) is 4.90 Å². The van der Waals surface area contributed by atoms with Gasteiger partial charge in [-0.15, -0.1) is 0 Å². The van der Waals surface area contributed by atoms with Crippen molar-refractivity contribution in [3.05, 3.63) is 59.4 Å². The minimum absolute atomic E-state index is 0.346. The van der Waals surface area contributed by atoms with E-state index in [-0.39, 0.29) is 0 Å². The van der Waals surface area contributed by atoms with E-state index in [1.165, 1.54) is 0 Å². The van der Waals surface area contributed by atoms with Gasteiger partial charge >= 0.3 is 0 Å². The first-order valence-electron chi connectivity index (χ1n) is 8.92. The van der Waals surface area contributed by atoms with Crippen LogP contribution in [-0.2, 0) is 23.0 Å². The molecule has 0 saturated heterocycles. The van der Waals surface area contributed by atoms with Gasteiger partial charge in [-0.2, -0.15) is 0 Å². The summed E-state index contributed by atoms with van der Waals surface area (Å²) in [6.07, 6.45) is 5.54. The normalized spacial score (nSPS) is 12.0. The monoisotopic (exact) mass is 371 g/mol. The van der Waals surface area contributed by atoms with Crippen LogP contribution < -0.4 is 4.72 Å². The lowest BCUT2D eigenvalue weighted by molar-refractivity contribution is 0.581. The smallest absolute Gasteiger partial charge is 0.240 e. The number of aromatic nitrogens is 2. The van der Waals surface area contributed by atoms with Crippen LogP contribution in [0.3, 0.4) is 0 Å². The first kappa shape index (κ1) is 18.6. The molecule has 0 bridgehead atoms. The molecule has 6 heteroatoms. The third-order valence-corrected chi connectivity index (χ3v) is 6.11. The highest BCUT2D eigenvalue weighted by atomic mass is 32.2. The maximum Gasteiger partial charge on any atom is 0.240 e. The van der Waals surface area contributed by atoms with E-state index in [1.807, 2.05) is 38.1 Å². The van der Waals surface area contributed by atoms with Crippen LogP contribution >= 0.6 is 0 Å². The van der Waals surface area contributed by atoms with Gasteiger partial charge < -0.3 is 4.57 Å². The van der Waals surface area contributed by atoms with Gasteiger partial charge in [-0.3, -0.25) is 0 Å². The molecular weight excluding hydrogens is 346 g/mol. The molecule has 0 aliphatic rings. The van der Waals surface area contributed by atoms with E-state index in [0.29, 0.717) is 17.9 Å². The third-order valence-electron chi connectivity index (χ3n) is 4.49. The Hall–Kier alpha value is -2.18. The summed E-state index contributed by atoms with van der Waals surface area (Å²) in [5.41, 5.74) is 3.89. The fourth-order valence-corrected chi connectivity index (χ4v) is 4.56. The molecule has 138 valence electrons. The van der Waals surface area contributed by atoms with E-state index in [2.05, 4.69) is 27.4 Å². The van der Waals surface area contributed by atoms with Crippen molar-refractivity contribution < 1.29 is 8.42 Å². The van der Waals surface area contributed by atoms with E-state index in [0.717, 1.165) is 40.7 Å². The lowest BCUT2D eigenvalue weighted by Gasteiger charge is -2.09. The van der Waals surface area contributed by atoms with Crippen molar-refractivity contribution in [3.8, 4) is 0 Å². The minimum atomic E-state index is -3.51. The van der Waals surface area contributed by atoms with Crippen LogP contribution in [0, 0.1) is 13.8 Å².